The third-order valence-corrected chi connectivity index (χ3v) is 7.11. The molecular formula is C21H23N3O2S2. The molecule has 146 valence electrons. The van der Waals surface area contributed by atoms with E-state index in [2.05, 4.69) is 22.2 Å². The highest BCUT2D eigenvalue weighted by Gasteiger charge is 2.23. The van der Waals surface area contributed by atoms with E-state index in [1.54, 1.807) is 11.3 Å². The zero-order valence-electron chi connectivity index (χ0n) is 16.0. The molecule has 1 atom stereocenters. The SMILES string of the molecule is Cc1ccc(NC(=O)CSCc2nc3sc4c(c3c(=O)[nH]2)CC[C@@H](C)C4)cc1. The number of H-pyrrole nitrogens is 1. The number of amides is 1. The van der Waals surface area contributed by atoms with Crippen LogP contribution in [-0.2, 0) is 23.4 Å². The van der Waals surface area contributed by atoms with Crippen molar-refractivity contribution in [2.45, 2.75) is 38.9 Å². The molecule has 5 nitrogen and oxygen atoms in total. The normalized spacial score (nSPS) is 16.1. The largest absolute Gasteiger partial charge is 0.325 e. The van der Waals surface area contributed by atoms with Gasteiger partial charge in [0.2, 0.25) is 5.91 Å². The maximum atomic E-state index is 12.6. The molecule has 1 aliphatic carbocycles. The fourth-order valence-electron chi connectivity index (χ4n) is 3.54. The van der Waals surface area contributed by atoms with Crippen LogP contribution in [0.4, 0.5) is 5.69 Å². The fraction of sp³-hybridized carbons (Fsp3) is 0.381. The van der Waals surface area contributed by atoms with Crippen LogP contribution in [0.3, 0.4) is 0 Å². The molecule has 2 N–H and O–H groups in total. The molecule has 4 rings (SSSR count). The lowest BCUT2D eigenvalue weighted by atomic mass is 9.89. The Hall–Kier alpha value is -2.12. The number of anilines is 1. The number of aromatic amines is 1. The number of hydrogen-bond donors (Lipinski definition) is 2. The molecule has 0 aliphatic heterocycles. The van der Waals surface area contributed by atoms with E-state index in [-0.39, 0.29) is 11.5 Å². The Kier molecular flexibility index (Phi) is 5.55. The van der Waals surface area contributed by atoms with Gasteiger partial charge in [0, 0.05) is 10.6 Å². The van der Waals surface area contributed by atoms with E-state index in [4.69, 9.17) is 0 Å². The lowest BCUT2D eigenvalue weighted by Gasteiger charge is -2.17. The van der Waals surface area contributed by atoms with Crippen molar-refractivity contribution in [2.75, 3.05) is 11.1 Å². The van der Waals surface area contributed by atoms with Crippen molar-refractivity contribution in [1.82, 2.24) is 9.97 Å². The molecule has 0 spiro atoms. The highest BCUT2D eigenvalue weighted by Crippen LogP contribution is 2.35. The molecule has 1 aliphatic rings. The average molecular weight is 414 g/mol. The number of fused-ring (bicyclic) bond motifs is 3. The summed E-state index contributed by atoms with van der Waals surface area (Å²) in [6, 6.07) is 7.72. The summed E-state index contributed by atoms with van der Waals surface area (Å²) in [5.74, 6) is 2.07. The predicted octanol–water partition coefficient (Wildman–Crippen LogP) is 4.29. The van der Waals surface area contributed by atoms with Crippen molar-refractivity contribution in [3.8, 4) is 0 Å². The summed E-state index contributed by atoms with van der Waals surface area (Å²) in [4.78, 5) is 34.4. The van der Waals surface area contributed by atoms with Gasteiger partial charge in [-0.1, -0.05) is 24.6 Å². The lowest BCUT2D eigenvalue weighted by Crippen LogP contribution is -2.16. The summed E-state index contributed by atoms with van der Waals surface area (Å²) in [5.41, 5.74) is 3.10. The number of nitrogens with zero attached hydrogens (tertiary/aromatic N) is 1. The fourth-order valence-corrected chi connectivity index (χ4v) is 5.63. The minimum absolute atomic E-state index is 0.0447. The molecule has 0 bridgehead atoms. The molecule has 0 saturated carbocycles. The summed E-state index contributed by atoms with van der Waals surface area (Å²) in [5, 5.41) is 3.66. The average Bonchev–Trinajstić information content (AvgIpc) is 3.01. The standard InChI is InChI=1S/C21H23N3O2S2/c1-12-3-6-14(7-4-12)22-18(25)11-27-10-17-23-20(26)19-15-8-5-13(2)9-16(15)28-21(19)24-17/h3-4,6-7,13H,5,8-11H2,1-2H3,(H,22,25)(H,23,24,26)/t13-/m1/s1. The van der Waals surface area contributed by atoms with Crippen LogP contribution < -0.4 is 10.9 Å². The van der Waals surface area contributed by atoms with Gasteiger partial charge in [-0.25, -0.2) is 4.98 Å². The Morgan fingerprint density at radius 3 is 2.93 bits per heavy atom. The van der Waals surface area contributed by atoms with Crippen molar-refractivity contribution in [3.05, 3.63) is 56.4 Å². The van der Waals surface area contributed by atoms with E-state index in [1.807, 2.05) is 31.2 Å². The summed E-state index contributed by atoms with van der Waals surface area (Å²) in [6.07, 6.45) is 3.14. The van der Waals surface area contributed by atoms with Crippen LogP contribution in [0.15, 0.2) is 29.1 Å². The molecular weight excluding hydrogens is 390 g/mol. The van der Waals surface area contributed by atoms with Gasteiger partial charge in [-0.2, -0.15) is 0 Å². The number of carbonyl (C=O) groups is 1. The van der Waals surface area contributed by atoms with Crippen molar-refractivity contribution in [1.29, 1.82) is 0 Å². The Morgan fingerprint density at radius 2 is 2.14 bits per heavy atom. The van der Waals surface area contributed by atoms with Crippen LogP contribution in [-0.4, -0.2) is 21.6 Å². The van der Waals surface area contributed by atoms with Gasteiger partial charge in [0.25, 0.3) is 5.56 Å². The van der Waals surface area contributed by atoms with Crippen molar-refractivity contribution < 1.29 is 4.79 Å². The van der Waals surface area contributed by atoms with Crippen LogP contribution in [0, 0.1) is 12.8 Å². The van der Waals surface area contributed by atoms with Crippen molar-refractivity contribution in [3.63, 3.8) is 0 Å². The van der Waals surface area contributed by atoms with E-state index in [9.17, 15) is 9.59 Å². The smallest absolute Gasteiger partial charge is 0.259 e. The minimum atomic E-state index is -0.0575. The first kappa shape index (κ1) is 19.2. The number of hydrogen-bond acceptors (Lipinski definition) is 5. The number of aromatic nitrogens is 2. The lowest BCUT2D eigenvalue weighted by molar-refractivity contribution is -0.113. The molecule has 0 fully saturated rings. The van der Waals surface area contributed by atoms with Gasteiger partial charge in [-0.05, 0) is 49.8 Å². The molecule has 2 heterocycles. The molecule has 28 heavy (non-hydrogen) atoms. The van der Waals surface area contributed by atoms with Crippen molar-refractivity contribution in [2.24, 2.45) is 5.92 Å². The summed E-state index contributed by atoms with van der Waals surface area (Å²) >= 11 is 3.10. The van der Waals surface area contributed by atoms with E-state index in [0.29, 0.717) is 23.2 Å². The first-order valence-electron chi connectivity index (χ1n) is 9.47. The number of thiophene rings is 1. The monoisotopic (exact) mass is 413 g/mol. The first-order chi connectivity index (χ1) is 13.5. The summed E-state index contributed by atoms with van der Waals surface area (Å²) < 4.78 is 0. The van der Waals surface area contributed by atoms with Gasteiger partial charge in [0.05, 0.1) is 16.9 Å². The maximum Gasteiger partial charge on any atom is 0.259 e. The predicted molar refractivity (Wildman–Crippen MR) is 117 cm³/mol. The van der Waals surface area contributed by atoms with Crippen LogP contribution in [0.5, 0.6) is 0 Å². The number of thioether (sulfide) groups is 1. The van der Waals surface area contributed by atoms with Gasteiger partial charge in [-0.15, -0.1) is 23.1 Å². The number of nitrogens with one attached hydrogen (secondary N) is 2. The van der Waals surface area contributed by atoms with Gasteiger partial charge in [0.1, 0.15) is 10.7 Å². The Bertz CT molecular complexity index is 1070. The van der Waals surface area contributed by atoms with Crippen LogP contribution in [0.25, 0.3) is 10.2 Å². The van der Waals surface area contributed by atoms with Gasteiger partial charge >= 0.3 is 0 Å². The molecule has 1 aromatic carbocycles. The summed E-state index contributed by atoms with van der Waals surface area (Å²) in [7, 11) is 0. The van der Waals surface area contributed by atoms with Crippen LogP contribution in [0.1, 0.15) is 35.2 Å². The highest BCUT2D eigenvalue weighted by molar-refractivity contribution is 7.99. The second kappa shape index (κ2) is 8.09. The molecule has 0 saturated heterocycles. The maximum absolute atomic E-state index is 12.6. The quantitative estimate of drug-likeness (QED) is 0.654. The Morgan fingerprint density at radius 1 is 1.36 bits per heavy atom. The zero-order valence-corrected chi connectivity index (χ0v) is 17.6. The van der Waals surface area contributed by atoms with Gasteiger partial charge in [-0.3, -0.25) is 9.59 Å². The third-order valence-electron chi connectivity index (χ3n) is 5.02. The number of aryl methyl sites for hydroxylation is 2. The van der Waals surface area contributed by atoms with Gasteiger partial charge in [0.15, 0.2) is 0 Å². The van der Waals surface area contributed by atoms with Crippen LogP contribution in [0.2, 0.25) is 0 Å². The first-order valence-corrected chi connectivity index (χ1v) is 11.4. The number of carbonyl (C=O) groups excluding carboxylic acids is 1. The molecule has 2 aromatic heterocycles. The molecule has 3 aromatic rings. The Labute approximate surface area is 172 Å². The number of benzene rings is 1. The van der Waals surface area contributed by atoms with Crippen LogP contribution >= 0.6 is 23.1 Å². The third kappa shape index (κ3) is 4.15. The van der Waals surface area contributed by atoms with Gasteiger partial charge < -0.3 is 10.3 Å². The second-order valence-corrected chi connectivity index (χ2v) is 9.52. The topological polar surface area (TPSA) is 74.8 Å². The van der Waals surface area contributed by atoms with Crippen molar-refractivity contribution >= 4 is 44.9 Å². The minimum Gasteiger partial charge on any atom is -0.325 e. The Balaban J connectivity index is 1.40. The number of rotatable bonds is 5. The molecule has 0 unspecified atom stereocenters. The molecule has 1 amide bonds. The molecule has 0 radical (unpaired) electrons. The summed E-state index contributed by atoms with van der Waals surface area (Å²) in [6.45, 7) is 4.27. The van der Waals surface area contributed by atoms with E-state index >= 15 is 0 Å². The highest BCUT2D eigenvalue weighted by atomic mass is 32.2. The second-order valence-electron chi connectivity index (χ2n) is 7.45. The van der Waals surface area contributed by atoms with E-state index in [1.165, 1.54) is 22.2 Å². The van der Waals surface area contributed by atoms with E-state index < -0.39 is 0 Å². The zero-order chi connectivity index (χ0) is 19.7. The van der Waals surface area contributed by atoms with E-state index in [0.717, 1.165) is 40.7 Å². The molecule has 7 heteroatoms.